The lowest BCUT2D eigenvalue weighted by Crippen LogP contribution is -2.21. The molecule has 0 spiro atoms. The summed E-state index contributed by atoms with van der Waals surface area (Å²) in [5.74, 6) is -0.771. The van der Waals surface area contributed by atoms with Gasteiger partial charge in [-0.2, -0.15) is 5.10 Å². The quantitative estimate of drug-likeness (QED) is 0.610. The average Bonchev–Trinajstić information content (AvgIpc) is 3.36. The first-order valence-corrected chi connectivity index (χ1v) is 10.7. The Morgan fingerprint density at radius 1 is 1.24 bits per heavy atom. The number of halogens is 2. The van der Waals surface area contributed by atoms with E-state index < -0.39 is 20.7 Å². The summed E-state index contributed by atoms with van der Waals surface area (Å²) in [7, 11) is -4.23. The van der Waals surface area contributed by atoms with Gasteiger partial charge in [-0.15, -0.1) is 0 Å². The van der Waals surface area contributed by atoms with E-state index in [4.69, 9.17) is 16.3 Å². The van der Waals surface area contributed by atoms with Crippen LogP contribution < -0.4 is 9.46 Å². The highest BCUT2D eigenvalue weighted by Gasteiger charge is 2.32. The minimum atomic E-state index is -4.23. The molecule has 1 fully saturated rings. The topological polar surface area (TPSA) is 110 Å². The summed E-state index contributed by atoms with van der Waals surface area (Å²) in [6.45, 7) is 0. The highest BCUT2D eigenvalue weighted by molar-refractivity contribution is 7.92. The number of rotatable bonds is 6. The number of hydrogen-bond donors (Lipinski definition) is 2. The van der Waals surface area contributed by atoms with Gasteiger partial charge in [-0.3, -0.25) is 9.82 Å². The van der Waals surface area contributed by atoms with E-state index in [-0.39, 0.29) is 28.6 Å². The highest BCUT2D eigenvalue weighted by atomic mass is 35.5. The predicted molar refractivity (Wildman–Crippen MR) is 104 cm³/mol. The molecule has 11 heteroatoms. The summed E-state index contributed by atoms with van der Waals surface area (Å²) < 4.78 is 47.8. The molecule has 3 aromatic rings. The van der Waals surface area contributed by atoms with E-state index in [1.165, 1.54) is 18.6 Å². The number of H-pyrrole nitrogens is 1. The average molecular weight is 438 g/mol. The Bertz CT molecular complexity index is 1100. The van der Waals surface area contributed by atoms with Crippen molar-refractivity contribution in [3.8, 4) is 5.75 Å². The van der Waals surface area contributed by atoms with Crippen LogP contribution in [0.15, 0.2) is 47.9 Å². The van der Waals surface area contributed by atoms with Gasteiger partial charge in [0, 0.05) is 30.1 Å². The fourth-order valence-corrected chi connectivity index (χ4v) is 4.78. The molecule has 1 saturated carbocycles. The van der Waals surface area contributed by atoms with E-state index in [0.717, 1.165) is 37.1 Å². The standard InChI is InChI=1S/C18H17ClFN5O3S/c19-12-8-17(29(26,27)25-18-5-6-21-10-22-18)13(20)9-16(12)28-15-3-1-2-11(15)14-4-7-23-24-14/h4-11,15H,1-3H2,(H,23,24)(H,21,22,25)/t11-,15+/m0/s1. The zero-order chi connectivity index (χ0) is 20.4. The van der Waals surface area contributed by atoms with Gasteiger partial charge in [-0.1, -0.05) is 11.6 Å². The van der Waals surface area contributed by atoms with Gasteiger partial charge in [0.25, 0.3) is 10.0 Å². The Morgan fingerprint density at radius 3 is 2.83 bits per heavy atom. The van der Waals surface area contributed by atoms with E-state index in [0.29, 0.717) is 0 Å². The second kappa shape index (κ2) is 7.96. The van der Waals surface area contributed by atoms with E-state index in [9.17, 15) is 12.8 Å². The van der Waals surface area contributed by atoms with Gasteiger partial charge in [-0.25, -0.2) is 22.8 Å². The normalized spacial score (nSPS) is 19.2. The summed E-state index contributed by atoms with van der Waals surface area (Å²) in [4.78, 5) is 6.88. The second-order valence-electron chi connectivity index (χ2n) is 6.62. The molecule has 152 valence electrons. The number of anilines is 1. The number of nitrogens with one attached hydrogen (secondary N) is 2. The fraction of sp³-hybridized carbons (Fsp3) is 0.278. The second-order valence-corrected chi connectivity index (χ2v) is 8.68. The number of benzene rings is 1. The minimum Gasteiger partial charge on any atom is -0.488 e. The number of sulfonamides is 1. The van der Waals surface area contributed by atoms with Crippen LogP contribution in [0.5, 0.6) is 5.75 Å². The predicted octanol–water partition coefficient (Wildman–Crippen LogP) is 3.51. The summed E-state index contributed by atoms with van der Waals surface area (Å²) in [5, 5.41) is 6.91. The molecule has 4 rings (SSSR count). The first-order valence-electron chi connectivity index (χ1n) is 8.88. The summed E-state index contributed by atoms with van der Waals surface area (Å²) >= 11 is 6.23. The van der Waals surface area contributed by atoms with Crippen molar-refractivity contribution in [1.29, 1.82) is 0 Å². The Morgan fingerprint density at radius 2 is 2.10 bits per heavy atom. The minimum absolute atomic E-state index is 0.00437. The Balaban J connectivity index is 1.57. The fourth-order valence-electron chi connectivity index (χ4n) is 3.41. The Labute approximate surface area is 171 Å². The van der Waals surface area contributed by atoms with Crippen molar-refractivity contribution >= 4 is 27.4 Å². The summed E-state index contributed by atoms with van der Waals surface area (Å²) in [5.41, 5.74) is 0.942. The van der Waals surface area contributed by atoms with Crippen molar-refractivity contribution in [2.45, 2.75) is 36.2 Å². The van der Waals surface area contributed by atoms with Gasteiger partial charge in [0.15, 0.2) is 0 Å². The molecule has 2 atom stereocenters. The smallest absolute Gasteiger partial charge is 0.266 e. The van der Waals surface area contributed by atoms with E-state index >= 15 is 0 Å². The third kappa shape index (κ3) is 4.18. The number of aromatic nitrogens is 4. The van der Waals surface area contributed by atoms with Crippen molar-refractivity contribution in [1.82, 2.24) is 20.2 Å². The van der Waals surface area contributed by atoms with Crippen LogP contribution in [0, 0.1) is 5.82 Å². The molecule has 0 bridgehead atoms. The first-order chi connectivity index (χ1) is 13.9. The zero-order valence-corrected chi connectivity index (χ0v) is 16.6. The number of nitrogens with zero attached hydrogens (tertiary/aromatic N) is 3. The number of hydrogen-bond acceptors (Lipinski definition) is 6. The number of aromatic amines is 1. The molecule has 1 aromatic carbocycles. The highest BCUT2D eigenvalue weighted by Crippen LogP contribution is 2.39. The molecule has 0 radical (unpaired) electrons. The third-order valence-electron chi connectivity index (χ3n) is 4.75. The largest absolute Gasteiger partial charge is 0.488 e. The Hall–Kier alpha value is -2.72. The molecule has 0 amide bonds. The molecule has 0 unspecified atom stereocenters. The lowest BCUT2D eigenvalue weighted by atomic mass is 10.0. The molecule has 0 aliphatic heterocycles. The third-order valence-corrected chi connectivity index (χ3v) is 6.41. The van der Waals surface area contributed by atoms with Crippen LogP contribution in [0.2, 0.25) is 5.02 Å². The molecular weight excluding hydrogens is 421 g/mol. The van der Waals surface area contributed by atoms with Crippen molar-refractivity contribution in [2.24, 2.45) is 0 Å². The lowest BCUT2D eigenvalue weighted by Gasteiger charge is -2.21. The maximum absolute atomic E-state index is 14.7. The van der Waals surface area contributed by atoms with Gasteiger partial charge in [0.2, 0.25) is 0 Å². The molecule has 0 saturated heterocycles. The van der Waals surface area contributed by atoms with Crippen molar-refractivity contribution in [2.75, 3.05) is 4.72 Å². The molecule has 8 nitrogen and oxygen atoms in total. The van der Waals surface area contributed by atoms with Crippen LogP contribution in [0.4, 0.5) is 10.2 Å². The molecule has 2 heterocycles. The van der Waals surface area contributed by atoms with Crippen molar-refractivity contribution < 1.29 is 17.5 Å². The monoisotopic (exact) mass is 437 g/mol. The van der Waals surface area contributed by atoms with E-state index in [1.54, 1.807) is 6.20 Å². The van der Waals surface area contributed by atoms with Crippen LogP contribution in [-0.2, 0) is 10.0 Å². The zero-order valence-electron chi connectivity index (χ0n) is 15.0. The summed E-state index contributed by atoms with van der Waals surface area (Å²) in [6.07, 6.45) is 6.62. The molecule has 1 aliphatic rings. The molecule has 29 heavy (non-hydrogen) atoms. The van der Waals surface area contributed by atoms with Gasteiger partial charge < -0.3 is 4.74 Å². The van der Waals surface area contributed by atoms with Crippen LogP contribution in [0.1, 0.15) is 30.9 Å². The Kier molecular flexibility index (Phi) is 5.37. The van der Waals surface area contributed by atoms with Crippen LogP contribution >= 0.6 is 11.6 Å². The molecule has 1 aliphatic carbocycles. The molecule has 2 N–H and O–H groups in total. The van der Waals surface area contributed by atoms with Gasteiger partial charge in [-0.05, 0) is 37.5 Å². The lowest BCUT2D eigenvalue weighted by molar-refractivity contribution is 0.188. The van der Waals surface area contributed by atoms with Gasteiger partial charge in [0.1, 0.15) is 34.7 Å². The van der Waals surface area contributed by atoms with E-state index in [2.05, 4.69) is 24.9 Å². The van der Waals surface area contributed by atoms with Crippen molar-refractivity contribution in [3.05, 3.63) is 59.5 Å². The van der Waals surface area contributed by atoms with Crippen LogP contribution in [-0.4, -0.2) is 34.7 Å². The summed E-state index contributed by atoms with van der Waals surface area (Å²) in [6, 6.07) is 5.27. The van der Waals surface area contributed by atoms with Crippen LogP contribution in [0.25, 0.3) is 0 Å². The first kappa shape index (κ1) is 19.6. The SMILES string of the molecule is O=S(=O)(Nc1ccncn1)c1cc(Cl)c(O[C@@H]2CCC[C@H]2c2ccn[nH]2)cc1F. The van der Waals surface area contributed by atoms with Gasteiger partial charge >= 0.3 is 0 Å². The van der Waals surface area contributed by atoms with E-state index in [1.807, 2.05) is 6.07 Å². The maximum atomic E-state index is 14.7. The molecular formula is C18H17ClFN5O3S. The molecule has 2 aromatic heterocycles. The number of ether oxygens (including phenoxy) is 1. The van der Waals surface area contributed by atoms with Gasteiger partial charge in [0.05, 0.1) is 5.02 Å². The van der Waals surface area contributed by atoms with Crippen molar-refractivity contribution in [3.63, 3.8) is 0 Å². The van der Waals surface area contributed by atoms with Crippen LogP contribution in [0.3, 0.4) is 0 Å². The maximum Gasteiger partial charge on any atom is 0.266 e.